The van der Waals surface area contributed by atoms with Gasteiger partial charge in [0, 0.05) is 51.7 Å². The topological polar surface area (TPSA) is 53.9 Å². The van der Waals surface area contributed by atoms with Gasteiger partial charge in [0.1, 0.15) is 0 Å². The second-order valence-electron chi connectivity index (χ2n) is 17.2. The largest absolute Gasteiger partial charge is 0.355 e. The third-order valence-electron chi connectivity index (χ3n) is 13.2. The molecule has 5 nitrogen and oxygen atoms in total. The van der Waals surface area contributed by atoms with E-state index in [-0.39, 0.29) is 12.3 Å². The Kier molecular flexibility index (Phi) is 10.6. The van der Waals surface area contributed by atoms with Crippen LogP contribution in [0.4, 0.5) is 11.4 Å². The van der Waals surface area contributed by atoms with Gasteiger partial charge >= 0.3 is 0 Å². The standard InChI is InChI=1S/C57H53N5/c1-5-18-40(19-6-1)39-58-56(42-22-9-3-10-23-42)62-57(60-62)46-26-15-24-43(36-46)44-34-35-49(41-20-7-2-8-21-41)52(38-44)59-47-27-16-25-45(37-47)50-31-17-33-54-55(50)51-30-13-14-32-53(51)61(54)48-28-11-4-12-29-48/h2-5,7-9,11-13,15-22,24-31,33-35,37-38,46,56-60H,1,6,10,14,23,32,36,39H2/t46?,56?,57?,62-/m1/s1. The minimum absolute atomic E-state index is 0.165. The first kappa shape index (κ1) is 38.4. The molecule has 6 aromatic rings. The Bertz CT molecular complexity index is 2850. The molecule has 5 aliphatic rings. The maximum atomic E-state index is 3.93. The zero-order chi connectivity index (χ0) is 41.2. The van der Waals surface area contributed by atoms with Crippen LogP contribution in [0.3, 0.4) is 0 Å². The van der Waals surface area contributed by atoms with E-state index in [0.29, 0.717) is 5.92 Å². The van der Waals surface area contributed by atoms with Crippen molar-refractivity contribution in [1.82, 2.24) is 20.3 Å². The number of hydrogen-bond donors (Lipinski definition) is 3. The number of nitrogens with one attached hydrogen (secondary N) is 3. The van der Waals surface area contributed by atoms with Crippen molar-refractivity contribution < 1.29 is 0 Å². The summed E-state index contributed by atoms with van der Waals surface area (Å²) >= 11 is 0. The molecule has 2 heterocycles. The molecular weight excluding hydrogens is 755 g/mol. The third-order valence-corrected chi connectivity index (χ3v) is 13.2. The van der Waals surface area contributed by atoms with Crippen LogP contribution in [0.1, 0.15) is 55.3 Å². The molecule has 0 bridgehead atoms. The zero-order valence-electron chi connectivity index (χ0n) is 35.2. The van der Waals surface area contributed by atoms with E-state index in [0.717, 1.165) is 62.9 Å². The molecular formula is C57H53N5. The van der Waals surface area contributed by atoms with E-state index in [1.807, 2.05) is 0 Å². The molecule has 1 saturated heterocycles. The van der Waals surface area contributed by atoms with Gasteiger partial charge < -0.3 is 9.88 Å². The van der Waals surface area contributed by atoms with Crippen molar-refractivity contribution >= 4 is 33.9 Å². The molecule has 0 spiro atoms. The van der Waals surface area contributed by atoms with Crippen LogP contribution in [0.15, 0.2) is 193 Å². The Morgan fingerprint density at radius 3 is 2.37 bits per heavy atom. The normalized spacial score (nSPS) is 20.6. The van der Waals surface area contributed by atoms with Gasteiger partial charge in [0.05, 0.1) is 17.8 Å². The summed E-state index contributed by atoms with van der Waals surface area (Å²) in [4.78, 5) is 0. The number of benzene rings is 5. The van der Waals surface area contributed by atoms with Crippen molar-refractivity contribution in [2.75, 3.05) is 11.9 Å². The molecule has 4 atom stereocenters. The van der Waals surface area contributed by atoms with Gasteiger partial charge in [-0.2, -0.15) is 0 Å². The average molecular weight is 808 g/mol. The van der Waals surface area contributed by atoms with E-state index in [2.05, 4.69) is 214 Å². The summed E-state index contributed by atoms with van der Waals surface area (Å²) < 4.78 is 2.48. The molecule has 62 heavy (non-hydrogen) atoms. The average Bonchev–Trinajstić information content (AvgIpc) is 4.06. The van der Waals surface area contributed by atoms with Crippen molar-refractivity contribution in [2.24, 2.45) is 5.92 Å². The molecule has 3 N–H and O–H groups in total. The summed E-state index contributed by atoms with van der Waals surface area (Å²) in [5.41, 5.74) is 21.5. The van der Waals surface area contributed by atoms with E-state index in [1.165, 1.54) is 72.4 Å². The number of hydrazine groups is 1. The van der Waals surface area contributed by atoms with Crippen LogP contribution in [0.2, 0.25) is 0 Å². The van der Waals surface area contributed by atoms with E-state index in [4.69, 9.17) is 0 Å². The number of fused-ring (bicyclic) bond motifs is 3. The van der Waals surface area contributed by atoms with Crippen molar-refractivity contribution in [3.05, 3.63) is 210 Å². The fourth-order valence-corrected chi connectivity index (χ4v) is 10.1. The van der Waals surface area contributed by atoms with E-state index in [9.17, 15) is 0 Å². The van der Waals surface area contributed by atoms with Gasteiger partial charge in [-0.3, -0.25) is 5.32 Å². The molecule has 1 fully saturated rings. The Morgan fingerprint density at radius 1 is 0.677 bits per heavy atom. The Morgan fingerprint density at radius 2 is 1.52 bits per heavy atom. The first-order valence-corrected chi connectivity index (χ1v) is 22.6. The summed E-state index contributed by atoms with van der Waals surface area (Å²) in [5, 5.41) is 11.6. The van der Waals surface area contributed by atoms with Gasteiger partial charge in [-0.25, -0.2) is 10.4 Å². The number of rotatable bonds is 12. The smallest absolute Gasteiger partial charge is 0.0976 e. The minimum Gasteiger partial charge on any atom is -0.355 e. The third kappa shape index (κ3) is 7.69. The van der Waals surface area contributed by atoms with Gasteiger partial charge in [0.15, 0.2) is 0 Å². The molecule has 3 unspecified atom stereocenters. The number of aromatic nitrogens is 1. The number of hydrogen-bond acceptors (Lipinski definition) is 4. The summed E-state index contributed by atoms with van der Waals surface area (Å²) in [6, 6.07) is 44.3. The van der Waals surface area contributed by atoms with Crippen LogP contribution in [-0.2, 0) is 6.42 Å². The van der Waals surface area contributed by atoms with Crippen molar-refractivity contribution in [3.63, 3.8) is 0 Å². The SMILES string of the molecule is C1=CCCC(C(NCC2=CCCC=C2)[N@@]2NC2C2C=CC=C(c3ccc(-c4ccccc4)c(Nc4cccc(-c5cccc6c5c5c(n6-c6ccccc6)CCC=C5)c4)c3)C2)=C1. The number of nitrogens with zero attached hydrogens (tertiary/aromatic N) is 2. The summed E-state index contributed by atoms with van der Waals surface area (Å²) in [5.74, 6) is 0.356. The zero-order valence-corrected chi connectivity index (χ0v) is 35.2. The molecule has 0 amide bonds. The highest BCUT2D eigenvalue weighted by atomic mass is 15.8. The molecule has 5 heteroatoms. The highest BCUT2D eigenvalue weighted by Gasteiger charge is 2.45. The monoisotopic (exact) mass is 807 g/mol. The lowest BCUT2D eigenvalue weighted by atomic mass is 9.87. The van der Waals surface area contributed by atoms with Crippen LogP contribution in [0, 0.1) is 5.92 Å². The summed E-state index contributed by atoms with van der Waals surface area (Å²) in [6.45, 7) is 0.877. The molecule has 306 valence electrons. The first-order valence-electron chi connectivity index (χ1n) is 22.6. The molecule has 1 aromatic heterocycles. The van der Waals surface area contributed by atoms with Crippen LogP contribution >= 0.6 is 0 Å². The fourth-order valence-electron chi connectivity index (χ4n) is 10.1. The second kappa shape index (κ2) is 17.1. The maximum Gasteiger partial charge on any atom is 0.0976 e. The number of anilines is 2. The van der Waals surface area contributed by atoms with Crippen molar-refractivity contribution in [2.45, 2.75) is 57.3 Å². The Balaban J connectivity index is 0.882. The molecule has 11 rings (SSSR count). The number of allylic oxidation sites excluding steroid dienone is 9. The minimum atomic E-state index is 0.165. The van der Waals surface area contributed by atoms with E-state index < -0.39 is 0 Å². The summed E-state index contributed by atoms with van der Waals surface area (Å²) in [6.07, 6.45) is 33.4. The Labute approximate surface area is 365 Å². The van der Waals surface area contributed by atoms with Crippen molar-refractivity contribution in [1.29, 1.82) is 0 Å². The lowest BCUT2D eigenvalue weighted by molar-refractivity contribution is 0.317. The quantitative estimate of drug-likeness (QED) is 0.108. The molecule has 1 aliphatic heterocycles. The highest BCUT2D eigenvalue weighted by Crippen LogP contribution is 2.42. The van der Waals surface area contributed by atoms with Gasteiger partial charge in [-0.05, 0) is 120 Å². The summed E-state index contributed by atoms with van der Waals surface area (Å²) in [7, 11) is 0. The lowest BCUT2D eigenvalue weighted by Gasteiger charge is -2.26. The van der Waals surface area contributed by atoms with Crippen LogP contribution < -0.4 is 16.1 Å². The van der Waals surface area contributed by atoms with E-state index in [1.54, 1.807) is 0 Å². The molecule has 0 radical (unpaired) electrons. The van der Waals surface area contributed by atoms with Crippen LogP contribution in [0.5, 0.6) is 0 Å². The van der Waals surface area contributed by atoms with Crippen LogP contribution in [-0.4, -0.2) is 28.5 Å². The number of para-hydroxylation sites is 1. The van der Waals surface area contributed by atoms with Crippen molar-refractivity contribution in [3.8, 4) is 27.9 Å². The molecule has 4 aliphatic carbocycles. The molecule has 5 aromatic carbocycles. The van der Waals surface area contributed by atoms with Gasteiger partial charge in [-0.1, -0.05) is 152 Å². The lowest BCUT2D eigenvalue weighted by Crippen LogP contribution is -2.41. The maximum absolute atomic E-state index is 3.93. The second-order valence-corrected chi connectivity index (χ2v) is 17.2. The van der Waals surface area contributed by atoms with Gasteiger partial charge in [0.25, 0.3) is 0 Å². The Hall–Kier alpha value is -6.50. The highest BCUT2D eigenvalue weighted by molar-refractivity contribution is 6.04. The predicted octanol–water partition coefficient (Wildman–Crippen LogP) is 13.2. The van der Waals surface area contributed by atoms with Gasteiger partial charge in [0.2, 0.25) is 0 Å². The van der Waals surface area contributed by atoms with E-state index >= 15 is 0 Å². The fraction of sp³-hybridized carbons (Fsp3) is 0.193. The van der Waals surface area contributed by atoms with Gasteiger partial charge in [-0.15, -0.1) is 0 Å². The molecule has 0 saturated carbocycles. The van der Waals surface area contributed by atoms with Crippen LogP contribution in [0.25, 0.3) is 50.5 Å². The first-order chi connectivity index (χ1) is 30.7. The predicted molar refractivity (Wildman–Crippen MR) is 260 cm³/mol.